The van der Waals surface area contributed by atoms with Crippen LogP contribution in [0.2, 0.25) is 0 Å². The molecular weight excluding hydrogens is 502 g/mol. The molecule has 202 valence electrons. The van der Waals surface area contributed by atoms with Gasteiger partial charge in [-0.15, -0.1) is 0 Å². The highest BCUT2D eigenvalue weighted by atomic mass is 32.2. The van der Waals surface area contributed by atoms with Crippen molar-refractivity contribution in [3.63, 3.8) is 0 Å². The number of rotatable bonds is 16. The summed E-state index contributed by atoms with van der Waals surface area (Å²) >= 11 is 1.84. The number of para-hydroxylation sites is 1. The van der Waals surface area contributed by atoms with E-state index >= 15 is 0 Å². The lowest BCUT2D eigenvalue weighted by atomic mass is 10.1. The van der Waals surface area contributed by atoms with Crippen LogP contribution in [0, 0.1) is 0 Å². The van der Waals surface area contributed by atoms with Crippen LogP contribution in [-0.2, 0) is 21.7 Å². The number of carbonyl (C=O) groups excluding carboxylic acids is 1. The Hall–Kier alpha value is -3.49. The van der Waals surface area contributed by atoms with Gasteiger partial charge in [-0.25, -0.2) is 9.59 Å². The third-order valence-electron chi connectivity index (χ3n) is 5.65. The highest BCUT2D eigenvalue weighted by Gasteiger charge is 2.18. The highest BCUT2D eigenvalue weighted by Crippen LogP contribution is 2.16. The molecule has 0 aromatic heterocycles. The summed E-state index contributed by atoms with van der Waals surface area (Å²) in [6, 6.07) is 26.6. The number of benzene rings is 3. The lowest BCUT2D eigenvalue weighted by molar-refractivity contribution is -0.149. The number of ether oxygens (including phenoxy) is 3. The van der Waals surface area contributed by atoms with E-state index in [2.05, 4.69) is 12.1 Å². The largest absolute Gasteiger partial charge is 0.492 e. The number of aliphatic carboxylic acids is 1. The lowest BCUT2D eigenvalue weighted by Crippen LogP contribution is -2.37. The van der Waals surface area contributed by atoms with Gasteiger partial charge in [-0.05, 0) is 54.5 Å². The Labute approximate surface area is 228 Å². The van der Waals surface area contributed by atoms with Crippen LogP contribution in [0.4, 0.5) is 4.79 Å². The highest BCUT2D eigenvalue weighted by molar-refractivity contribution is 7.98. The molecule has 3 rings (SSSR count). The summed E-state index contributed by atoms with van der Waals surface area (Å²) in [6.45, 7) is 3.35. The van der Waals surface area contributed by atoms with E-state index in [-0.39, 0.29) is 6.42 Å². The van der Waals surface area contributed by atoms with E-state index < -0.39 is 18.2 Å². The Morgan fingerprint density at radius 1 is 0.868 bits per heavy atom. The smallest absolute Gasteiger partial charge is 0.415 e. The van der Waals surface area contributed by atoms with Gasteiger partial charge in [0.1, 0.15) is 18.1 Å². The number of amides is 1. The van der Waals surface area contributed by atoms with Crippen molar-refractivity contribution in [2.45, 2.75) is 31.6 Å². The third-order valence-corrected chi connectivity index (χ3v) is 6.77. The average Bonchev–Trinajstić information content (AvgIpc) is 2.93. The minimum atomic E-state index is -0.979. The number of carbonyl (C=O) groups is 2. The SMILES string of the molecule is CCOC(Cc1ccc(OCCN(CCCSCc2ccccc2)C(=O)Oc2ccccc2)cc1)C(=O)O. The summed E-state index contributed by atoms with van der Waals surface area (Å²) in [6.07, 6.45) is -0.161. The summed E-state index contributed by atoms with van der Waals surface area (Å²) in [4.78, 5) is 25.9. The first-order chi connectivity index (χ1) is 18.5. The fourth-order valence-corrected chi connectivity index (χ4v) is 4.60. The molecule has 7 nitrogen and oxygen atoms in total. The molecule has 0 fully saturated rings. The normalized spacial score (nSPS) is 11.5. The number of hydrogen-bond acceptors (Lipinski definition) is 6. The topological polar surface area (TPSA) is 85.3 Å². The van der Waals surface area contributed by atoms with Crippen molar-refractivity contribution in [1.82, 2.24) is 4.90 Å². The third kappa shape index (κ3) is 10.5. The van der Waals surface area contributed by atoms with E-state index in [0.717, 1.165) is 23.5 Å². The van der Waals surface area contributed by atoms with Crippen LogP contribution in [-0.4, -0.2) is 60.2 Å². The van der Waals surface area contributed by atoms with E-state index in [1.54, 1.807) is 36.1 Å². The van der Waals surface area contributed by atoms with Gasteiger partial charge < -0.3 is 24.2 Å². The molecule has 0 aliphatic carbocycles. The Morgan fingerprint density at radius 3 is 2.21 bits per heavy atom. The molecule has 1 unspecified atom stereocenters. The van der Waals surface area contributed by atoms with Crippen molar-refractivity contribution >= 4 is 23.8 Å². The van der Waals surface area contributed by atoms with Gasteiger partial charge in [0, 0.05) is 25.3 Å². The Balaban J connectivity index is 1.49. The first-order valence-electron chi connectivity index (χ1n) is 12.7. The molecule has 1 N–H and O–H groups in total. The maximum atomic E-state index is 12.9. The number of carboxylic acids is 1. The average molecular weight is 538 g/mol. The number of thioether (sulfide) groups is 1. The second-order valence-corrected chi connectivity index (χ2v) is 9.64. The Morgan fingerprint density at radius 2 is 1.55 bits per heavy atom. The zero-order valence-corrected chi connectivity index (χ0v) is 22.5. The van der Waals surface area contributed by atoms with E-state index in [1.165, 1.54) is 5.56 Å². The van der Waals surface area contributed by atoms with E-state index in [9.17, 15) is 14.7 Å². The molecule has 0 bridgehead atoms. The Bertz CT molecular complexity index is 1090. The van der Waals surface area contributed by atoms with Crippen molar-refractivity contribution in [3.05, 3.63) is 96.1 Å². The molecule has 0 saturated carbocycles. The molecule has 38 heavy (non-hydrogen) atoms. The van der Waals surface area contributed by atoms with Crippen molar-refractivity contribution in [2.75, 3.05) is 32.1 Å². The lowest BCUT2D eigenvalue weighted by Gasteiger charge is -2.22. The minimum absolute atomic E-state index is 0.283. The summed E-state index contributed by atoms with van der Waals surface area (Å²) in [5.41, 5.74) is 2.13. The number of nitrogens with zero attached hydrogens (tertiary/aromatic N) is 1. The fraction of sp³-hybridized carbons (Fsp3) is 0.333. The van der Waals surface area contributed by atoms with E-state index in [1.807, 2.05) is 60.3 Å². The molecule has 0 spiro atoms. The van der Waals surface area contributed by atoms with Crippen molar-refractivity contribution in [3.8, 4) is 11.5 Å². The Kier molecular flexibility index (Phi) is 12.5. The summed E-state index contributed by atoms with van der Waals surface area (Å²) < 4.78 is 16.7. The number of carboxylic acid groups (broad SMARTS) is 1. The molecule has 0 radical (unpaired) electrons. The van der Waals surface area contributed by atoms with Gasteiger partial charge in [0.2, 0.25) is 0 Å². The van der Waals surface area contributed by atoms with Crippen LogP contribution < -0.4 is 9.47 Å². The first kappa shape index (κ1) is 29.1. The predicted octanol–water partition coefficient (Wildman–Crippen LogP) is 5.92. The summed E-state index contributed by atoms with van der Waals surface area (Å²) in [5, 5.41) is 9.28. The minimum Gasteiger partial charge on any atom is -0.492 e. The maximum absolute atomic E-state index is 12.9. The molecular formula is C30H35NO6S. The molecule has 0 aliphatic heterocycles. The van der Waals surface area contributed by atoms with Gasteiger partial charge >= 0.3 is 12.1 Å². The van der Waals surface area contributed by atoms with Gasteiger partial charge in [0.25, 0.3) is 0 Å². The summed E-state index contributed by atoms with van der Waals surface area (Å²) in [5.74, 6) is 2.03. The molecule has 0 aliphatic rings. The molecule has 3 aromatic rings. The zero-order valence-electron chi connectivity index (χ0n) is 21.7. The standard InChI is InChI=1S/C30H35NO6S/c1-2-35-28(29(32)33)22-24-14-16-26(17-15-24)36-20-19-31(30(34)37-27-12-7-4-8-13-27)18-9-21-38-23-25-10-5-3-6-11-25/h3-8,10-17,28H,2,9,18-23H2,1H3,(H,32,33). The van der Waals surface area contributed by atoms with Gasteiger partial charge in [0.15, 0.2) is 6.10 Å². The molecule has 1 atom stereocenters. The van der Waals surface area contributed by atoms with Gasteiger partial charge in [-0.1, -0.05) is 60.7 Å². The predicted molar refractivity (Wildman–Crippen MR) is 150 cm³/mol. The fourth-order valence-electron chi connectivity index (χ4n) is 3.70. The molecule has 8 heteroatoms. The van der Waals surface area contributed by atoms with Gasteiger partial charge in [0.05, 0.1) is 6.54 Å². The van der Waals surface area contributed by atoms with Crippen LogP contribution in [0.1, 0.15) is 24.5 Å². The second-order valence-electron chi connectivity index (χ2n) is 8.54. The maximum Gasteiger partial charge on any atom is 0.415 e. The summed E-state index contributed by atoms with van der Waals surface area (Å²) in [7, 11) is 0. The van der Waals surface area contributed by atoms with Gasteiger partial charge in [-0.3, -0.25) is 0 Å². The molecule has 1 amide bonds. The van der Waals surface area contributed by atoms with Crippen LogP contribution in [0.25, 0.3) is 0 Å². The van der Waals surface area contributed by atoms with Crippen LogP contribution in [0.5, 0.6) is 11.5 Å². The van der Waals surface area contributed by atoms with Crippen LogP contribution in [0.3, 0.4) is 0 Å². The second kappa shape index (κ2) is 16.4. The van der Waals surface area contributed by atoms with Gasteiger partial charge in [-0.2, -0.15) is 11.8 Å². The van der Waals surface area contributed by atoms with Crippen molar-refractivity contribution in [1.29, 1.82) is 0 Å². The molecule has 0 heterocycles. The molecule has 0 saturated heterocycles. The quantitative estimate of drug-likeness (QED) is 0.227. The monoisotopic (exact) mass is 537 g/mol. The zero-order chi connectivity index (χ0) is 27.0. The van der Waals surface area contributed by atoms with Crippen LogP contribution >= 0.6 is 11.8 Å². The molecule has 3 aromatic carbocycles. The van der Waals surface area contributed by atoms with Crippen molar-refractivity contribution < 1.29 is 28.9 Å². The van der Waals surface area contributed by atoms with E-state index in [4.69, 9.17) is 14.2 Å². The van der Waals surface area contributed by atoms with E-state index in [0.29, 0.717) is 37.8 Å². The number of hydrogen-bond donors (Lipinski definition) is 1. The first-order valence-corrected chi connectivity index (χ1v) is 13.9. The van der Waals surface area contributed by atoms with Crippen LogP contribution in [0.15, 0.2) is 84.9 Å². The van der Waals surface area contributed by atoms with Crippen molar-refractivity contribution in [2.24, 2.45) is 0 Å².